The molecule has 0 radical (unpaired) electrons. The molecular formula is C26H36OS. The maximum Gasteiger partial charge on any atom is 0.0790 e. The first-order valence-corrected chi connectivity index (χ1v) is 11.6. The maximum absolute atomic E-state index is 10.4. The van der Waals surface area contributed by atoms with E-state index < -0.39 is 0 Å². The summed E-state index contributed by atoms with van der Waals surface area (Å²) < 4.78 is 0. The van der Waals surface area contributed by atoms with Crippen LogP contribution < -0.4 is 0 Å². The third-order valence-corrected chi connectivity index (χ3v) is 6.45. The quantitative estimate of drug-likeness (QED) is 0.253. The summed E-state index contributed by atoms with van der Waals surface area (Å²) in [5.41, 5.74) is 3.45. The molecule has 2 atom stereocenters. The molecule has 0 fully saturated rings. The van der Waals surface area contributed by atoms with E-state index in [1.165, 1.54) is 35.3 Å². The molecule has 0 amide bonds. The van der Waals surface area contributed by atoms with Crippen LogP contribution in [0.4, 0.5) is 0 Å². The molecule has 0 aliphatic rings. The van der Waals surface area contributed by atoms with Gasteiger partial charge in [0.2, 0.25) is 0 Å². The van der Waals surface area contributed by atoms with E-state index in [2.05, 4.69) is 61.9 Å². The molecule has 1 N–H and O–H groups in total. The first-order chi connectivity index (χ1) is 13.7. The molecule has 0 bridgehead atoms. The third kappa shape index (κ3) is 7.41. The van der Waals surface area contributed by atoms with Crippen molar-refractivity contribution in [2.24, 2.45) is 5.92 Å². The van der Waals surface area contributed by atoms with Gasteiger partial charge in [0.15, 0.2) is 0 Å². The van der Waals surface area contributed by atoms with E-state index in [-0.39, 0.29) is 6.10 Å². The maximum atomic E-state index is 10.4. The number of thiophene rings is 1. The van der Waals surface area contributed by atoms with E-state index in [0.29, 0.717) is 5.92 Å². The zero-order chi connectivity index (χ0) is 20.2. The van der Waals surface area contributed by atoms with E-state index in [1.54, 1.807) is 0 Å². The van der Waals surface area contributed by atoms with Gasteiger partial charge in [0.1, 0.15) is 0 Å². The molecule has 1 aromatic heterocycles. The Labute approximate surface area is 175 Å². The van der Waals surface area contributed by atoms with E-state index >= 15 is 0 Å². The summed E-state index contributed by atoms with van der Waals surface area (Å²) in [6.45, 7) is 10.5. The lowest BCUT2D eigenvalue weighted by molar-refractivity contribution is 0.163. The van der Waals surface area contributed by atoms with Gasteiger partial charge in [0, 0.05) is 4.88 Å². The van der Waals surface area contributed by atoms with Gasteiger partial charge in [-0.1, -0.05) is 69.2 Å². The highest BCUT2D eigenvalue weighted by molar-refractivity contribution is 7.09. The van der Waals surface area contributed by atoms with Gasteiger partial charge in [-0.3, -0.25) is 0 Å². The Hall–Kier alpha value is -1.64. The predicted molar refractivity (Wildman–Crippen MR) is 125 cm³/mol. The van der Waals surface area contributed by atoms with E-state index in [0.717, 1.165) is 44.1 Å². The second-order valence-electron chi connectivity index (χ2n) is 7.69. The van der Waals surface area contributed by atoms with Gasteiger partial charge in [-0.25, -0.2) is 0 Å². The summed E-state index contributed by atoms with van der Waals surface area (Å²) in [7, 11) is 0. The van der Waals surface area contributed by atoms with Crippen molar-refractivity contribution in [2.75, 3.05) is 0 Å². The number of aliphatic hydroxyl groups excluding tert-OH is 1. The van der Waals surface area contributed by atoms with Crippen LogP contribution >= 0.6 is 11.3 Å². The number of hydrogen-bond donors (Lipinski definition) is 1. The van der Waals surface area contributed by atoms with Crippen molar-refractivity contribution in [1.29, 1.82) is 0 Å². The topological polar surface area (TPSA) is 20.2 Å². The van der Waals surface area contributed by atoms with Crippen LogP contribution in [0, 0.1) is 5.92 Å². The van der Waals surface area contributed by atoms with E-state index in [1.807, 2.05) is 17.4 Å². The fourth-order valence-corrected chi connectivity index (χ4v) is 4.45. The molecule has 1 nitrogen and oxygen atoms in total. The second kappa shape index (κ2) is 12.7. The van der Waals surface area contributed by atoms with Crippen molar-refractivity contribution < 1.29 is 5.11 Å². The van der Waals surface area contributed by atoms with Gasteiger partial charge >= 0.3 is 0 Å². The minimum atomic E-state index is -0.351. The average molecular weight is 397 g/mol. The number of benzene rings is 1. The molecule has 0 saturated carbocycles. The summed E-state index contributed by atoms with van der Waals surface area (Å²) in [5.74, 6) is 0.485. The Balaban J connectivity index is 1.94. The number of allylic oxidation sites excluding steroid dienone is 2. The summed E-state index contributed by atoms with van der Waals surface area (Å²) in [4.78, 5) is 1.47. The molecule has 1 unspecified atom stereocenters. The molecule has 1 heterocycles. The SMILES string of the molecule is C=CCCC(CCCc1cccs1)C(=C)c1ccc([C@@H](O)CCCCC)cc1. The molecule has 28 heavy (non-hydrogen) atoms. The minimum absolute atomic E-state index is 0.351. The standard InChI is InChI=1S/C26H36OS/c1-4-6-8-15-26(27)24-18-16-23(17-19-24)21(3)22(11-7-5-2)12-9-13-25-14-10-20-28-25/h5,10,14,16-20,22,26-27H,2-4,6-9,11-13,15H2,1H3/t22?,26-/m0/s1. The first kappa shape index (κ1) is 22.6. The van der Waals surface area contributed by atoms with Crippen molar-refractivity contribution >= 4 is 16.9 Å². The van der Waals surface area contributed by atoms with Crippen LogP contribution in [0.3, 0.4) is 0 Å². The number of unbranched alkanes of at least 4 members (excludes halogenated alkanes) is 2. The van der Waals surface area contributed by atoms with Crippen molar-refractivity contribution in [2.45, 2.75) is 70.8 Å². The molecular weight excluding hydrogens is 360 g/mol. The normalized spacial score (nSPS) is 13.2. The van der Waals surface area contributed by atoms with E-state index in [4.69, 9.17) is 0 Å². The highest BCUT2D eigenvalue weighted by Gasteiger charge is 2.15. The van der Waals surface area contributed by atoms with Crippen LogP contribution in [0.25, 0.3) is 5.57 Å². The lowest BCUT2D eigenvalue weighted by Crippen LogP contribution is -2.04. The molecule has 152 valence electrons. The predicted octanol–water partition coefficient (Wildman–Crippen LogP) is 7.98. The minimum Gasteiger partial charge on any atom is -0.388 e. The Kier molecular flexibility index (Phi) is 10.3. The van der Waals surface area contributed by atoms with Gasteiger partial charge in [-0.2, -0.15) is 0 Å². The molecule has 0 aliphatic heterocycles. The third-order valence-electron chi connectivity index (χ3n) is 5.52. The molecule has 2 rings (SSSR count). The second-order valence-corrected chi connectivity index (χ2v) is 8.73. The molecule has 2 heteroatoms. The van der Waals surface area contributed by atoms with Gasteiger partial charge in [0.05, 0.1) is 6.10 Å². The first-order valence-electron chi connectivity index (χ1n) is 10.8. The lowest BCUT2D eigenvalue weighted by atomic mass is 9.85. The van der Waals surface area contributed by atoms with Crippen molar-refractivity contribution in [1.82, 2.24) is 0 Å². The van der Waals surface area contributed by atoms with Gasteiger partial charge < -0.3 is 5.11 Å². The highest BCUT2D eigenvalue weighted by Crippen LogP contribution is 2.31. The largest absolute Gasteiger partial charge is 0.388 e. The smallest absolute Gasteiger partial charge is 0.0790 e. The Morgan fingerprint density at radius 2 is 1.86 bits per heavy atom. The summed E-state index contributed by atoms with van der Waals surface area (Å²) in [5, 5.41) is 12.5. The number of hydrogen-bond acceptors (Lipinski definition) is 2. The van der Waals surface area contributed by atoms with Crippen LogP contribution in [-0.2, 0) is 6.42 Å². The lowest BCUT2D eigenvalue weighted by Gasteiger charge is -2.20. The van der Waals surface area contributed by atoms with Crippen LogP contribution in [0.1, 0.15) is 80.4 Å². The number of aliphatic hydroxyl groups is 1. The number of aryl methyl sites for hydroxylation is 1. The zero-order valence-corrected chi connectivity index (χ0v) is 18.2. The van der Waals surface area contributed by atoms with Crippen LogP contribution in [0.5, 0.6) is 0 Å². The van der Waals surface area contributed by atoms with Crippen molar-refractivity contribution in [3.8, 4) is 0 Å². The van der Waals surface area contributed by atoms with Gasteiger partial charge in [-0.15, -0.1) is 17.9 Å². The Bertz CT molecular complexity index is 684. The fraction of sp³-hybridized carbons (Fsp3) is 0.462. The summed E-state index contributed by atoms with van der Waals surface area (Å²) >= 11 is 1.85. The molecule has 2 aromatic rings. The summed E-state index contributed by atoms with van der Waals surface area (Å²) in [6, 6.07) is 12.8. The monoisotopic (exact) mass is 396 g/mol. The van der Waals surface area contributed by atoms with Crippen LogP contribution in [-0.4, -0.2) is 5.11 Å². The fourth-order valence-electron chi connectivity index (χ4n) is 3.70. The van der Waals surface area contributed by atoms with Crippen molar-refractivity contribution in [3.05, 3.63) is 77.0 Å². The molecule has 0 spiro atoms. The summed E-state index contributed by atoms with van der Waals surface area (Å²) in [6.07, 6.45) is 11.6. The van der Waals surface area contributed by atoms with Crippen LogP contribution in [0.15, 0.2) is 61.0 Å². The Morgan fingerprint density at radius 1 is 1.07 bits per heavy atom. The average Bonchev–Trinajstić information content (AvgIpc) is 3.24. The van der Waals surface area contributed by atoms with Gasteiger partial charge in [-0.05, 0) is 72.6 Å². The molecule has 1 aromatic carbocycles. The number of rotatable bonds is 14. The van der Waals surface area contributed by atoms with E-state index in [9.17, 15) is 5.11 Å². The zero-order valence-electron chi connectivity index (χ0n) is 17.4. The highest BCUT2D eigenvalue weighted by atomic mass is 32.1. The Morgan fingerprint density at radius 3 is 2.50 bits per heavy atom. The van der Waals surface area contributed by atoms with Gasteiger partial charge in [0.25, 0.3) is 0 Å². The molecule has 0 saturated heterocycles. The molecule has 0 aliphatic carbocycles. The van der Waals surface area contributed by atoms with Crippen LogP contribution in [0.2, 0.25) is 0 Å². The van der Waals surface area contributed by atoms with Crippen molar-refractivity contribution in [3.63, 3.8) is 0 Å².